The minimum atomic E-state index is -0.839. The van der Waals surface area contributed by atoms with Gasteiger partial charge in [0.1, 0.15) is 13.2 Å². The molecule has 0 spiro atoms. The molecule has 1 atom stereocenters. The smallest absolute Gasteiger partial charge is 0.306 e. The standard InChI is InChI=1S/C57H88O6/c1-4-7-10-13-16-19-22-25-26-27-28-29-30-33-35-38-41-44-47-50-56(59)62-53-54(63-57(60)51-48-45-42-39-36-32-24-21-18-15-12-9-6-3)52-61-55(58)49-46-43-40-37-34-31-23-20-17-14-11-8-5-2/h7,9-10,12,15-16,18-19,21,24-26,28-29,31-36,41,44,54H,4-6,8,11,13-14,17,20,22-23,27,30,37-40,42-43,45-53H2,1-3H3/b10-7+,12-9+,18-15+,19-16+,24-21+,26-25+,29-28+,34-31+,35-33+,36-32+,44-41+. The Morgan fingerprint density at radius 1 is 0.349 bits per heavy atom. The van der Waals surface area contributed by atoms with Gasteiger partial charge in [0.15, 0.2) is 6.10 Å². The van der Waals surface area contributed by atoms with E-state index in [1.165, 1.54) is 38.5 Å². The van der Waals surface area contributed by atoms with Crippen molar-refractivity contribution in [2.75, 3.05) is 13.2 Å². The van der Waals surface area contributed by atoms with Crippen LogP contribution in [0.15, 0.2) is 134 Å². The molecule has 0 aromatic carbocycles. The van der Waals surface area contributed by atoms with Crippen molar-refractivity contribution in [3.63, 3.8) is 0 Å². The molecular formula is C57H88O6. The van der Waals surface area contributed by atoms with Gasteiger partial charge in [-0.15, -0.1) is 0 Å². The van der Waals surface area contributed by atoms with Crippen LogP contribution in [0.1, 0.15) is 188 Å². The summed E-state index contributed by atoms with van der Waals surface area (Å²) >= 11 is 0. The van der Waals surface area contributed by atoms with Gasteiger partial charge >= 0.3 is 17.9 Å². The molecule has 0 heterocycles. The van der Waals surface area contributed by atoms with Gasteiger partial charge in [0.05, 0.1) is 0 Å². The number of hydrogen-bond acceptors (Lipinski definition) is 6. The molecule has 0 aliphatic carbocycles. The van der Waals surface area contributed by atoms with Crippen LogP contribution < -0.4 is 0 Å². The number of allylic oxidation sites excluding steroid dienone is 22. The van der Waals surface area contributed by atoms with Gasteiger partial charge in [-0.1, -0.05) is 199 Å². The minimum absolute atomic E-state index is 0.130. The lowest BCUT2D eigenvalue weighted by Crippen LogP contribution is -2.30. The monoisotopic (exact) mass is 869 g/mol. The third kappa shape index (κ3) is 48.4. The molecule has 0 N–H and O–H groups in total. The fourth-order valence-corrected chi connectivity index (χ4v) is 6.06. The van der Waals surface area contributed by atoms with Gasteiger partial charge in [-0.2, -0.15) is 0 Å². The average molecular weight is 869 g/mol. The first-order valence-electron chi connectivity index (χ1n) is 24.7. The van der Waals surface area contributed by atoms with E-state index in [1.807, 2.05) is 48.6 Å². The highest BCUT2D eigenvalue weighted by molar-refractivity contribution is 5.71. The van der Waals surface area contributed by atoms with E-state index in [9.17, 15) is 14.4 Å². The lowest BCUT2D eigenvalue weighted by Gasteiger charge is -2.18. The van der Waals surface area contributed by atoms with Crippen LogP contribution in [0.2, 0.25) is 0 Å². The maximum absolute atomic E-state index is 12.7. The molecule has 0 saturated heterocycles. The lowest BCUT2D eigenvalue weighted by atomic mass is 10.1. The van der Waals surface area contributed by atoms with Gasteiger partial charge < -0.3 is 14.2 Å². The number of esters is 3. The number of hydrogen-bond donors (Lipinski definition) is 0. The summed E-state index contributed by atoms with van der Waals surface area (Å²) < 4.78 is 16.6. The van der Waals surface area contributed by atoms with Crippen molar-refractivity contribution in [3.8, 4) is 0 Å². The Kier molecular flexibility index (Phi) is 46.7. The van der Waals surface area contributed by atoms with Gasteiger partial charge in [-0.25, -0.2) is 0 Å². The first kappa shape index (κ1) is 58.6. The third-order valence-electron chi connectivity index (χ3n) is 9.73. The zero-order valence-electron chi connectivity index (χ0n) is 40.0. The Balaban J connectivity index is 4.60. The molecule has 0 aromatic heterocycles. The molecule has 0 fully saturated rings. The number of ether oxygens (including phenoxy) is 3. The molecule has 63 heavy (non-hydrogen) atoms. The van der Waals surface area contributed by atoms with Crippen molar-refractivity contribution < 1.29 is 28.6 Å². The van der Waals surface area contributed by atoms with E-state index in [2.05, 4.69) is 106 Å². The highest BCUT2D eigenvalue weighted by Crippen LogP contribution is 2.11. The van der Waals surface area contributed by atoms with Crippen LogP contribution >= 0.6 is 0 Å². The molecule has 6 heteroatoms. The highest BCUT2D eigenvalue weighted by Gasteiger charge is 2.19. The molecule has 0 bridgehead atoms. The fourth-order valence-electron chi connectivity index (χ4n) is 6.06. The normalized spacial score (nSPS) is 13.3. The summed E-state index contributed by atoms with van der Waals surface area (Å²) in [7, 11) is 0. The van der Waals surface area contributed by atoms with E-state index < -0.39 is 6.10 Å². The fraction of sp³-hybridized carbons (Fsp3) is 0.561. The molecule has 1 unspecified atom stereocenters. The SMILES string of the molecule is CC/C=C/C=C/C=C/C=C/CCCCCC(=O)OC(COC(=O)CC/C=C/C/C=C/C/C=C/C/C=C/C/C=C/C/C=C/CC)COC(=O)CCCCC/C=C/CCCCCCCC. The third-order valence-corrected chi connectivity index (χ3v) is 9.73. The Hall–Kier alpha value is -4.45. The zero-order valence-corrected chi connectivity index (χ0v) is 40.0. The predicted molar refractivity (Wildman–Crippen MR) is 269 cm³/mol. The molecule has 0 radical (unpaired) electrons. The molecule has 0 aliphatic rings. The second-order valence-electron chi connectivity index (χ2n) is 15.7. The van der Waals surface area contributed by atoms with Crippen LogP contribution in [0, 0.1) is 0 Å². The van der Waals surface area contributed by atoms with Gasteiger partial charge in [0, 0.05) is 19.3 Å². The Morgan fingerprint density at radius 3 is 1.25 bits per heavy atom. The second kappa shape index (κ2) is 50.2. The van der Waals surface area contributed by atoms with Crippen LogP contribution in [0.4, 0.5) is 0 Å². The van der Waals surface area contributed by atoms with Crippen molar-refractivity contribution in [2.24, 2.45) is 0 Å². The van der Waals surface area contributed by atoms with Crippen LogP contribution in [0.25, 0.3) is 0 Å². The van der Waals surface area contributed by atoms with Crippen molar-refractivity contribution in [1.82, 2.24) is 0 Å². The first-order chi connectivity index (χ1) is 31.0. The van der Waals surface area contributed by atoms with E-state index in [1.54, 1.807) is 0 Å². The van der Waals surface area contributed by atoms with Crippen molar-refractivity contribution >= 4 is 17.9 Å². The molecule has 0 rings (SSSR count). The molecular weight excluding hydrogens is 781 g/mol. The van der Waals surface area contributed by atoms with Crippen molar-refractivity contribution in [3.05, 3.63) is 134 Å². The molecule has 6 nitrogen and oxygen atoms in total. The number of rotatable bonds is 42. The van der Waals surface area contributed by atoms with E-state index in [4.69, 9.17) is 14.2 Å². The van der Waals surface area contributed by atoms with E-state index in [0.717, 1.165) is 96.3 Å². The van der Waals surface area contributed by atoms with E-state index >= 15 is 0 Å². The molecule has 0 aliphatic heterocycles. The first-order valence-corrected chi connectivity index (χ1v) is 24.7. The Bertz CT molecular complexity index is 1420. The van der Waals surface area contributed by atoms with Gasteiger partial charge in [0.2, 0.25) is 0 Å². The lowest BCUT2D eigenvalue weighted by molar-refractivity contribution is -0.166. The summed E-state index contributed by atoms with van der Waals surface area (Å²) in [5.41, 5.74) is 0. The second-order valence-corrected chi connectivity index (χ2v) is 15.7. The minimum Gasteiger partial charge on any atom is -0.462 e. The summed E-state index contributed by atoms with van der Waals surface area (Å²) in [4.78, 5) is 37.9. The summed E-state index contributed by atoms with van der Waals surface area (Å²) in [5, 5.41) is 0. The van der Waals surface area contributed by atoms with Crippen LogP contribution in [0.3, 0.4) is 0 Å². The summed E-state index contributed by atoms with van der Waals surface area (Å²) in [6, 6.07) is 0. The predicted octanol–water partition coefficient (Wildman–Crippen LogP) is 16.3. The summed E-state index contributed by atoms with van der Waals surface area (Å²) in [6.45, 7) is 6.23. The number of unbranched alkanes of at least 4 members (excludes halogenated alkanes) is 12. The molecule has 0 aromatic rings. The van der Waals surface area contributed by atoms with Crippen LogP contribution in [-0.2, 0) is 28.6 Å². The molecule has 0 amide bonds. The van der Waals surface area contributed by atoms with Gasteiger partial charge in [0.25, 0.3) is 0 Å². The largest absolute Gasteiger partial charge is 0.462 e. The Labute approximate surface area is 385 Å². The van der Waals surface area contributed by atoms with Crippen molar-refractivity contribution in [1.29, 1.82) is 0 Å². The Morgan fingerprint density at radius 2 is 0.730 bits per heavy atom. The maximum atomic E-state index is 12.7. The zero-order chi connectivity index (χ0) is 45.8. The maximum Gasteiger partial charge on any atom is 0.306 e. The summed E-state index contributed by atoms with van der Waals surface area (Å²) in [6.07, 6.45) is 70.2. The highest BCUT2D eigenvalue weighted by atomic mass is 16.6. The molecule has 352 valence electrons. The van der Waals surface area contributed by atoms with Gasteiger partial charge in [-0.3, -0.25) is 14.4 Å². The van der Waals surface area contributed by atoms with Crippen LogP contribution in [-0.4, -0.2) is 37.2 Å². The summed E-state index contributed by atoms with van der Waals surface area (Å²) in [5.74, 6) is -1.09. The molecule has 0 saturated carbocycles. The van der Waals surface area contributed by atoms with E-state index in [0.29, 0.717) is 19.3 Å². The van der Waals surface area contributed by atoms with Crippen LogP contribution in [0.5, 0.6) is 0 Å². The number of carbonyl (C=O) groups excluding carboxylic acids is 3. The average Bonchev–Trinajstić information content (AvgIpc) is 3.28. The van der Waals surface area contributed by atoms with E-state index in [-0.39, 0.29) is 44.0 Å². The number of carbonyl (C=O) groups is 3. The topological polar surface area (TPSA) is 78.9 Å². The van der Waals surface area contributed by atoms with Gasteiger partial charge in [-0.05, 0) is 103 Å². The van der Waals surface area contributed by atoms with Crippen molar-refractivity contribution in [2.45, 2.75) is 194 Å². The quantitative estimate of drug-likeness (QED) is 0.0200.